The number of nitrogens with zero attached hydrogens (tertiary/aromatic N) is 3. The van der Waals surface area contributed by atoms with E-state index >= 15 is 0 Å². The van der Waals surface area contributed by atoms with Crippen molar-refractivity contribution >= 4 is 17.3 Å². The van der Waals surface area contributed by atoms with Gasteiger partial charge in [0.15, 0.2) is 17.7 Å². The smallest absolute Gasteiger partial charge is 0.288 e. The third-order valence-corrected chi connectivity index (χ3v) is 3.35. The largest absolute Gasteiger partial charge is 0.618 e. The highest BCUT2D eigenvalue weighted by atomic mass is 35.5. The molecule has 1 heterocycles. The maximum atomic E-state index is 12.2. The molecule has 0 spiro atoms. The molecular weight excluding hydrogens is 346 g/mol. The van der Waals surface area contributed by atoms with Crippen LogP contribution in [-0.4, -0.2) is 21.5 Å². The Hall–Kier alpha value is -2.98. The molecule has 8 heteroatoms. The van der Waals surface area contributed by atoms with Gasteiger partial charge in [0.05, 0.1) is 16.1 Å². The predicted molar refractivity (Wildman–Crippen MR) is 91.4 cm³/mol. The maximum absolute atomic E-state index is 12.2. The summed E-state index contributed by atoms with van der Waals surface area (Å²) in [4.78, 5) is 5.37. The summed E-state index contributed by atoms with van der Waals surface area (Å²) >= 11 is 6.03. The molecule has 2 aromatic rings. The quantitative estimate of drug-likeness (QED) is 0.377. The Bertz CT molecular complexity index is 862. The van der Waals surface area contributed by atoms with Crippen LogP contribution in [0.4, 0.5) is 0 Å². The van der Waals surface area contributed by atoms with Gasteiger partial charge in [-0.05, 0) is 39.0 Å². The Morgan fingerprint density at radius 3 is 2.56 bits per heavy atom. The molecule has 2 rings (SSSR count). The molecule has 0 saturated carbocycles. The molecule has 1 aromatic heterocycles. The van der Waals surface area contributed by atoms with E-state index in [0.717, 1.165) is 6.07 Å². The zero-order chi connectivity index (χ0) is 18.8. The van der Waals surface area contributed by atoms with Crippen LogP contribution in [0.1, 0.15) is 37.6 Å². The fourth-order valence-electron chi connectivity index (χ4n) is 1.94. The van der Waals surface area contributed by atoms with Crippen LogP contribution in [0.25, 0.3) is 0 Å². The minimum absolute atomic E-state index is 0.0411. The summed E-state index contributed by atoms with van der Waals surface area (Å²) in [6.45, 7) is 5.24. The molecule has 0 bridgehead atoms. The SMILES string of the molecule is CC(C)(C)O/N=C(/c1cc(Cl)c(C#N)cc1O)c1c(O)ccc[n+]1[O-]. The van der Waals surface area contributed by atoms with Gasteiger partial charge in [0, 0.05) is 6.07 Å². The molecule has 7 nitrogen and oxygen atoms in total. The predicted octanol–water partition coefficient (Wildman–Crippen LogP) is 2.82. The Balaban J connectivity index is 2.74. The first-order valence-corrected chi connectivity index (χ1v) is 7.62. The molecule has 25 heavy (non-hydrogen) atoms. The zero-order valence-corrected chi connectivity index (χ0v) is 14.6. The second-order valence-corrected chi connectivity index (χ2v) is 6.58. The molecule has 0 saturated heterocycles. The molecule has 0 aliphatic heterocycles. The number of pyridine rings is 1. The molecule has 2 N–H and O–H groups in total. The van der Waals surface area contributed by atoms with Crippen molar-refractivity contribution in [3.05, 3.63) is 57.5 Å². The minimum Gasteiger partial charge on any atom is -0.618 e. The molecule has 0 radical (unpaired) electrons. The van der Waals surface area contributed by atoms with Crippen LogP contribution in [0.15, 0.2) is 35.6 Å². The van der Waals surface area contributed by atoms with Gasteiger partial charge >= 0.3 is 0 Å². The second kappa shape index (κ2) is 6.87. The Labute approximate surface area is 149 Å². The number of phenols is 1. The topological polar surface area (TPSA) is 113 Å². The Morgan fingerprint density at radius 2 is 2.00 bits per heavy atom. The molecule has 0 aliphatic rings. The summed E-state index contributed by atoms with van der Waals surface area (Å²) in [5.41, 5.74) is -0.921. The van der Waals surface area contributed by atoms with Gasteiger partial charge < -0.3 is 20.3 Å². The standard InChI is InChI=1S/C17H16ClN3O4/c1-17(2,3)25-20-15(16-13(22)5-4-6-21(16)24)11-8-12(18)10(9-19)7-14(11)23/h4-8,22-23H,1-3H3/b20-15-. The molecule has 0 aliphatic carbocycles. The lowest BCUT2D eigenvalue weighted by molar-refractivity contribution is -0.607. The number of aromatic nitrogens is 1. The summed E-state index contributed by atoms with van der Waals surface area (Å²) in [6.07, 6.45) is 1.17. The van der Waals surface area contributed by atoms with Crippen molar-refractivity contribution in [2.24, 2.45) is 5.16 Å². The summed E-state index contributed by atoms with van der Waals surface area (Å²) in [6, 6.07) is 6.94. The van der Waals surface area contributed by atoms with Gasteiger partial charge in [0.1, 0.15) is 17.4 Å². The van der Waals surface area contributed by atoms with E-state index in [2.05, 4.69) is 5.16 Å². The van der Waals surface area contributed by atoms with Crippen LogP contribution in [0.2, 0.25) is 5.02 Å². The molecular formula is C17H16ClN3O4. The minimum atomic E-state index is -0.685. The molecule has 0 atom stereocenters. The first-order chi connectivity index (χ1) is 11.6. The molecule has 1 aromatic carbocycles. The van der Waals surface area contributed by atoms with Crippen LogP contribution in [0.5, 0.6) is 11.5 Å². The van der Waals surface area contributed by atoms with Crippen molar-refractivity contribution < 1.29 is 19.8 Å². The van der Waals surface area contributed by atoms with Crippen LogP contribution in [-0.2, 0) is 4.84 Å². The fraction of sp³-hybridized carbons (Fsp3) is 0.235. The van der Waals surface area contributed by atoms with Crippen molar-refractivity contribution in [1.29, 1.82) is 5.26 Å². The number of halogens is 1. The van der Waals surface area contributed by atoms with E-state index in [4.69, 9.17) is 21.7 Å². The maximum Gasteiger partial charge on any atom is 0.288 e. The number of hydrogen-bond donors (Lipinski definition) is 2. The summed E-state index contributed by atoms with van der Waals surface area (Å²) in [7, 11) is 0. The lowest BCUT2D eigenvalue weighted by Crippen LogP contribution is -2.35. The highest BCUT2D eigenvalue weighted by molar-refractivity contribution is 6.32. The van der Waals surface area contributed by atoms with Gasteiger partial charge in [0.2, 0.25) is 0 Å². The van der Waals surface area contributed by atoms with E-state index in [1.807, 2.05) is 6.07 Å². The summed E-state index contributed by atoms with van der Waals surface area (Å²) in [5.74, 6) is -0.686. The second-order valence-electron chi connectivity index (χ2n) is 6.17. The molecule has 0 fully saturated rings. The number of phenolic OH excluding ortho intramolecular Hbond substituents is 1. The van der Waals surface area contributed by atoms with Crippen molar-refractivity contribution in [3.63, 3.8) is 0 Å². The highest BCUT2D eigenvalue weighted by Gasteiger charge is 2.27. The normalized spacial score (nSPS) is 11.9. The van der Waals surface area contributed by atoms with Crippen LogP contribution in [0.3, 0.4) is 0 Å². The van der Waals surface area contributed by atoms with Gasteiger partial charge in [-0.25, -0.2) is 0 Å². The summed E-state index contributed by atoms with van der Waals surface area (Å²) in [5, 5.41) is 45.5. The van der Waals surface area contributed by atoms with E-state index in [0.29, 0.717) is 4.73 Å². The lowest BCUT2D eigenvalue weighted by Gasteiger charge is -2.17. The van der Waals surface area contributed by atoms with Gasteiger partial charge in [-0.2, -0.15) is 9.99 Å². The lowest BCUT2D eigenvalue weighted by atomic mass is 10.0. The van der Waals surface area contributed by atoms with Gasteiger partial charge in [-0.1, -0.05) is 16.8 Å². The Morgan fingerprint density at radius 1 is 1.32 bits per heavy atom. The summed E-state index contributed by atoms with van der Waals surface area (Å²) < 4.78 is 0.395. The van der Waals surface area contributed by atoms with Gasteiger partial charge in [0.25, 0.3) is 5.69 Å². The average molecular weight is 362 g/mol. The Kier molecular flexibility index (Phi) is 5.04. The first kappa shape index (κ1) is 18.4. The van der Waals surface area contributed by atoms with E-state index in [-0.39, 0.29) is 39.1 Å². The van der Waals surface area contributed by atoms with E-state index in [1.165, 1.54) is 24.4 Å². The van der Waals surface area contributed by atoms with Crippen molar-refractivity contribution in [3.8, 4) is 17.6 Å². The monoisotopic (exact) mass is 361 g/mol. The van der Waals surface area contributed by atoms with E-state index in [9.17, 15) is 15.4 Å². The van der Waals surface area contributed by atoms with Crippen LogP contribution < -0.4 is 4.73 Å². The number of oxime groups is 1. The first-order valence-electron chi connectivity index (χ1n) is 7.24. The number of aromatic hydroxyl groups is 2. The third kappa shape index (κ3) is 4.11. The van der Waals surface area contributed by atoms with Crippen molar-refractivity contribution in [2.45, 2.75) is 26.4 Å². The van der Waals surface area contributed by atoms with Crippen LogP contribution in [0, 0.1) is 16.5 Å². The van der Waals surface area contributed by atoms with Crippen molar-refractivity contribution in [2.75, 3.05) is 0 Å². The number of nitriles is 1. The van der Waals surface area contributed by atoms with Gasteiger partial charge in [-0.3, -0.25) is 0 Å². The van der Waals surface area contributed by atoms with E-state index in [1.54, 1.807) is 20.8 Å². The van der Waals surface area contributed by atoms with Crippen LogP contribution >= 0.6 is 11.6 Å². The highest BCUT2D eigenvalue weighted by Crippen LogP contribution is 2.30. The van der Waals surface area contributed by atoms with Crippen molar-refractivity contribution in [1.82, 2.24) is 0 Å². The number of hydrogen-bond acceptors (Lipinski definition) is 6. The average Bonchev–Trinajstić information content (AvgIpc) is 2.51. The molecule has 130 valence electrons. The van der Waals surface area contributed by atoms with Gasteiger partial charge in [-0.15, -0.1) is 0 Å². The third-order valence-electron chi connectivity index (χ3n) is 3.03. The molecule has 0 unspecified atom stereocenters. The number of benzene rings is 1. The number of rotatable bonds is 3. The molecule has 0 amide bonds. The van der Waals surface area contributed by atoms with E-state index < -0.39 is 5.60 Å². The zero-order valence-electron chi connectivity index (χ0n) is 13.8. The fourth-order valence-corrected chi connectivity index (χ4v) is 2.15.